The summed E-state index contributed by atoms with van der Waals surface area (Å²) in [6, 6.07) is 33.0. The van der Waals surface area contributed by atoms with E-state index in [1.165, 1.54) is 48.0 Å². The van der Waals surface area contributed by atoms with Crippen LogP contribution in [0.4, 0.5) is 0 Å². The van der Waals surface area contributed by atoms with Crippen molar-refractivity contribution in [2.45, 2.75) is 6.92 Å². The van der Waals surface area contributed by atoms with Crippen molar-refractivity contribution < 1.29 is 0 Å². The van der Waals surface area contributed by atoms with Gasteiger partial charge in [-0.2, -0.15) is 0 Å². The van der Waals surface area contributed by atoms with E-state index >= 15 is 0 Å². The average Bonchev–Trinajstić information content (AvgIpc) is 3.06. The number of rotatable bonds is 2. The summed E-state index contributed by atoms with van der Waals surface area (Å²) in [5.74, 6) is 0. The minimum atomic E-state index is 1.27. The fourth-order valence-electron chi connectivity index (χ4n) is 3.67. The van der Waals surface area contributed by atoms with Gasteiger partial charge in [-0.3, -0.25) is 0 Å². The fourth-order valence-corrected chi connectivity index (χ4v) is 4.76. The first-order chi connectivity index (χ1) is 12.8. The molecule has 0 radical (unpaired) electrons. The second kappa shape index (κ2) is 6.12. The summed E-state index contributed by atoms with van der Waals surface area (Å²) in [6.45, 7) is 2.17. The zero-order chi connectivity index (χ0) is 17.5. The van der Waals surface area contributed by atoms with Gasteiger partial charge in [0.1, 0.15) is 0 Å². The van der Waals surface area contributed by atoms with E-state index in [9.17, 15) is 0 Å². The van der Waals surface area contributed by atoms with Gasteiger partial charge >= 0.3 is 0 Å². The van der Waals surface area contributed by atoms with Crippen molar-refractivity contribution in [3.63, 3.8) is 0 Å². The Bertz CT molecular complexity index is 1240. The number of thiophene rings is 1. The van der Waals surface area contributed by atoms with Crippen LogP contribution in [0.15, 0.2) is 91.0 Å². The zero-order valence-corrected chi connectivity index (χ0v) is 15.4. The van der Waals surface area contributed by atoms with Crippen molar-refractivity contribution in [1.82, 2.24) is 0 Å². The fraction of sp³-hybridized carbons (Fsp3) is 0.0400. The normalized spacial score (nSPS) is 11.3. The molecule has 0 amide bonds. The highest BCUT2D eigenvalue weighted by Crippen LogP contribution is 2.37. The van der Waals surface area contributed by atoms with Gasteiger partial charge in [0.25, 0.3) is 0 Å². The molecule has 0 aliphatic rings. The summed E-state index contributed by atoms with van der Waals surface area (Å²) >= 11 is 1.87. The molecular formula is C25H18S. The second-order valence-corrected chi connectivity index (χ2v) is 7.79. The van der Waals surface area contributed by atoms with Gasteiger partial charge in [-0.15, -0.1) is 11.3 Å². The van der Waals surface area contributed by atoms with Gasteiger partial charge < -0.3 is 0 Å². The topological polar surface area (TPSA) is 0 Å². The van der Waals surface area contributed by atoms with Crippen LogP contribution in [0.3, 0.4) is 0 Å². The molecule has 5 aromatic rings. The van der Waals surface area contributed by atoms with E-state index in [1.54, 1.807) is 0 Å². The monoisotopic (exact) mass is 350 g/mol. The van der Waals surface area contributed by atoms with Crippen LogP contribution in [0.1, 0.15) is 5.56 Å². The number of hydrogen-bond acceptors (Lipinski definition) is 1. The maximum Gasteiger partial charge on any atom is 0.0355 e. The molecule has 0 aliphatic heterocycles. The summed E-state index contributed by atoms with van der Waals surface area (Å²) in [5.41, 5.74) is 6.43. The predicted molar refractivity (Wildman–Crippen MR) is 115 cm³/mol. The number of hydrogen-bond donors (Lipinski definition) is 0. The Hall–Kier alpha value is -2.90. The van der Waals surface area contributed by atoms with E-state index in [4.69, 9.17) is 0 Å². The van der Waals surface area contributed by atoms with Gasteiger partial charge in [0.05, 0.1) is 0 Å². The van der Waals surface area contributed by atoms with Crippen molar-refractivity contribution in [2.75, 3.05) is 0 Å². The lowest BCUT2D eigenvalue weighted by atomic mass is 9.96. The zero-order valence-electron chi connectivity index (χ0n) is 14.6. The van der Waals surface area contributed by atoms with Gasteiger partial charge in [-0.1, -0.05) is 66.7 Å². The minimum absolute atomic E-state index is 1.27. The molecule has 1 aromatic heterocycles. The van der Waals surface area contributed by atoms with E-state index in [0.29, 0.717) is 0 Å². The van der Waals surface area contributed by atoms with Crippen molar-refractivity contribution in [3.05, 3.63) is 96.6 Å². The van der Waals surface area contributed by atoms with Gasteiger partial charge in [0.15, 0.2) is 0 Å². The van der Waals surface area contributed by atoms with E-state index < -0.39 is 0 Å². The molecule has 1 heterocycles. The molecular weight excluding hydrogens is 332 g/mol. The molecule has 0 bridgehead atoms. The largest absolute Gasteiger partial charge is 0.135 e. The Morgan fingerprint density at radius 2 is 1.27 bits per heavy atom. The molecule has 0 saturated heterocycles. The summed E-state index contributed by atoms with van der Waals surface area (Å²) in [4.78, 5) is 0. The van der Waals surface area contributed by atoms with Crippen molar-refractivity contribution in [2.24, 2.45) is 0 Å². The molecule has 0 spiro atoms. The molecule has 124 valence electrons. The van der Waals surface area contributed by atoms with Crippen molar-refractivity contribution in [3.8, 4) is 22.3 Å². The minimum Gasteiger partial charge on any atom is -0.135 e. The van der Waals surface area contributed by atoms with Gasteiger partial charge in [0.2, 0.25) is 0 Å². The first-order valence-corrected chi connectivity index (χ1v) is 9.69. The predicted octanol–water partition coefficient (Wildman–Crippen LogP) is 7.70. The van der Waals surface area contributed by atoms with Gasteiger partial charge in [0, 0.05) is 20.2 Å². The van der Waals surface area contributed by atoms with Gasteiger partial charge in [-0.05, 0) is 59.0 Å². The lowest BCUT2D eigenvalue weighted by Gasteiger charge is -2.09. The van der Waals surface area contributed by atoms with Crippen molar-refractivity contribution >= 4 is 31.5 Å². The van der Waals surface area contributed by atoms with Crippen LogP contribution in [-0.2, 0) is 0 Å². The third-order valence-corrected chi connectivity index (χ3v) is 6.18. The average molecular weight is 350 g/mol. The Labute approximate surface area is 157 Å². The molecule has 0 unspecified atom stereocenters. The summed E-state index contributed by atoms with van der Waals surface area (Å²) in [6.07, 6.45) is 0. The highest BCUT2D eigenvalue weighted by Gasteiger charge is 2.08. The maximum absolute atomic E-state index is 2.34. The summed E-state index contributed by atoms with van der Waals surface area (Å²) in [5, 5.41) is 2.70. The van der Waals surface area contributed by atoms with Crippen LogP contribution in [0.5, 0.6) is 0 Å². The molecule has 26 heavy (non-hydrogen) atoms. The molecule has 4 aromatic carbocycles. The van der Waals surface area contributed by atoms with E-state index in [-0.39, 0.29) is 0 Å². The molecule has 0 nitrogen and oxygen atoms in total. The highest BCUT2D eigenvalue weighted by molar-refractivity contribution is 7.25. The first kappa shape index (κ1) is 15.4. The molecule has 0 fully saturated rings. The molecule has 0 N–H and O–H groups in total. The van der Waals surface area contributed by atoms with Crippen LogP contribution in [0, 0.1) is 6.92 Å². The quantitative estimate of drug-likeness (QED) is 0.306. The first-order valence-electron chi connectivity index (χ1n) is 8.87. The maximum atomic E-state index is 2.34. The van der Waals surface area contributed by atoms with Crippen LogP contribution >= 0.6 is 11.3 Å². The third-order valence-electron chi connectivity index (χ3n) is 5.03. The smallest absolute Gasteiger partial charge is 0.0355 e. The SMILES string of the molecule is Cc1ccccc1-c1cccc(-c2ccc3sc4ccccc4c3c2)c1. The van der Waals surface area contributed by atoms with Crippen LogP contribution < -0.4 is 0 Å². The van der Waals surface area contributed by atoms with Crippen LogP contribution in [-0.4, -0.2) is 0 Å². The number of aryl methyl sites for hydroxylation is 1. The Morgan fingerprint density at radius 3 is 2.19 bits per heavy atom. The lowest BCUT2D eigenvalue weighted by molar-refractivity contribution is 1.46. The number of fused-ring (bicyclic) bond motifs is 3. The van der Waals surface area contributed by atoms with Gasteiger partial charge in [-0.25, -0.2) is 0 Å². The van der Waals surface area contributed by atoms with Crippen LogP contribution in [0.2, 0.25) is 0 Å². The Kier molecular flexibility index (Phi) is 3.62. The standard InChI is InChI=1S/C25H18S/c1-17-7-2-3-10-21(17)20-9-6-8-18(15-20)19-13-14-25-23(16-19)22-11-4-5-12-24(22)26-25/h2-16H,1H3. The molecule has 0 atom stereocenters. The summed E-state index contributed by atoms with van der Waals surface area (Å²) in [7, 11) is 0. The lowest BCUT2D eigenvalue weighted by Crippen LogP contribution is -1.84. The van der Waals surface area contributed by atoms with E-state index in [1.807, 2.05) is 11.3 Å². The molecule has 0 aliphatic carbocycles. The Morgan fingerprint density at radius 1 is 0.538 bits per heavy atom. The highest BCUT2D eigenvalue weighted by atomic mass is 32.1. The summed E-state index contributed by atoms with van der Waals surface area (Å²) < 4.78 is 2.71. The molecule has 1 heteroatoms. The molecule has 5 rings (SSSR count). The van der Waals surface area contributed by atoms with E-state index in [0.717, 1.165) is 0 Å². The number of benzene rings is 4. The molecule has 0 saturated carbocycles. The van der Waals surface area contributed by atoms with Crippen molar-refractivity contribution in [1.29, 1.82) is 0 Å². The third kappa shape index (κ3) is 2.53. The second-order valence-electron chi connectivity index (χ2n) is 6.70. The van der Waals surface area contributed by atoms with E-state index in [2.05, 4.69) is 97.9 Å². The van der Waals surface area contributed by atoms with Crippen LogP contribution in [0.25, 0.3) is 42.4 Å². The Balaban J connectivity index is 1.67.